The molecule has 7 heteroatoms. The van der Waals surface area contributed by atoms with Crippen molar-refractivity contribution in [2.24, 2.45) is 0 Å². The summed E-state index contributed by atoms with van der Waals surface area (Å²) in [5, 5.41) is 8.89. The number of carbonyl (C=O) groups is 1. The first-order chi connectivity index (χ1) is 9.79. The fraction of sp³-hybridized carbons (Fsp3) is 0.0714. The molecule has 0 bridgehead atoms. The molecule has 0 radical (unpaired) electrons. The Labute approximate surface area is 121 Å². The molecule has 2 aromatic rings. The van der Waals surface area contributed by atoms with Crippen LogP contribution in [0.3, 0.4) is 0 Å². The summed E-state index contributed by atoms with van der Waals surface area (Å²) in [6, 6.07) is 8.42. The number of alkyl halides is 3. The summed E-state index contributed by atoms with van der Waals surface area (Å²) in [7, 11) is 0. The summed E-state index contributed by atoms with van der Waals surface area (Å²) in [6.07, 6.45) is -4.76. The minimum Gasteiger partial charge on any atom is -0.478 e. The normalized spacial score (nSPS) is 11.4. The highest BCUT2D eigenvalue weighted by Crippen LogP contribution is 2.36. The Morgan fingerprint density at radius 1 is 1.10 bits per heavy atom. The van der Waals surface area contributed by atoms with Crippen LogP contribution in [0.25, 0.3) is 0 Å². The molecule has 0 saturated heterocycles. The Hall–Kier alpha value is -2.02. The van der Waals surface area contributed by atoms with E-state index < -0.39 is 29.1 Å². The van der Waals surface area contributed by atoms with Crippen LogP contribution >= 0.6 is 11.8 Å². The zero-order chi connectivity index (χ0) is 15.6. The van der Waals surface area contributed by atoms with E-state index in [9.17, 15) is 22.4 Å². The van der Waals surface area contributed by atoms with Crippen LogP contribution in [0.2, 0.25) is 0 Å². The molecule has 0 unspecified atom stereocenters. The van der Waals surface area contributed by atoms with Crippen LogP contribution in [-0.2, 0) is 6.18 Å². The number of carboxylic acid groups (broad SMARTS) is 1. The lowest BCUT2D eigenvalue weighted by molar-refractivity contribution is -0.138. The molecule has 21 heavy (non-hydrogen) atoms. The topological polar surface area (TPSA) is 37.3 Å². The van der Waals surface area contributed by atoms with Crippen molar-refractivity contribution in [2.45, 2.75) is 16.0 Å². The summed E-state index contributed by atoms with van der Waals surface area (Å²) in [4.78, 5) is 11.4. The van der Waals surface area contributed by atoms with Gasteiger partial charge in [0, 0.05) is 9.79 Å². The second-order valence-corrected chi connectivity index (χ2v) is 5.16. The van der Waals surface area contributed by atoms with Crippen molar-refractivity contribution in [1.82, 2.24) is 0 Å². The number of aromatic carboxylic acids is 1. The van der Waals surface area contributed by atoms with Crippen molar-refractivity contribution in [1.29, 1.82) is 0 Å². The number of halogens is 4. The molecule has 0 spiro atoms. The molecule has 0 fully saturated rings. The SMILES string of the molecule is O=C(O)c1cc(Sc2ccccc2F)ccc1C(F)(F)F. The van der Waals surface area contributed by atoms with Gasteiger partial charge in [0.1, 0.15) is 5.82 Å². The minimum atomic E-state index is -4.76. The van der Waals surface area contributed by atoms with E-state index in [1.54, 1.807) is 6.07 Å². The van der Waals surface area contributed by atoms with E-state index in [4.69, 9.17) is 5.11 Å². The third-order valence-corrected chi connectivity index (χ3v) is 3.63. The quantitative estimate of drug-likeness (QED) is 0.834. The van der Waals surface area contributed by atoms with E-state index in [2.05, 4.69) is 0 Å². The van der Waals surface area contributed by atoms with Crippen LogP contribution in [0, 0.1) is 5.82 Å². The molecule has 2 aromatic carbocycles. The highest BCUT2D eigenvalue weighted by molar-refractivity contribution is 7.99. The largest absolute Gasteiger partial charge is 0.478 e. The standard InChI is InChI=1S/C14H8F4O2S/c15-11-3-1-2-4-12(11)21-8-5-6-10(14(16,17)18)9(7-8)13(19)20/h1-7H,(H,19,20). The van der Waals surface area contributed by atoms with Gasteiger partial charge >= 0.3 is 12.1 Å². The van der Waals surface area contributed by atoms with Gasteiger partial charge in [-0.3, -0.25) is 0 Å². The molecule has 0 aliphatic heterocycles. The molecule has 0 saturated carbocycles. The van der Waals surface area contributed by atoms with Crippen LogP contribution in [0.1, 0.15) is 15.9 Å². The van der Waals surface area contributed by atoms with Crippen molar-refractivity contribution >= 4 is 17.7 Å². The molecule has 2 rings (SSSR count). The molecule has 0 atom stereocenters. The Bertz CT molecular complexity index is 683. The van der Waals surface area contributed by atoms with Crippen molar-refractivity contribution in [3.63, 3.8) is 0 Å². The maximum atomic E-state index is 13.5. The monoisotopic (exact) mass is 316 g/mol. The lowest BCUT2D eigenvalue weighted by Crippen LogP contribution is -2.12. The van der Waals surface area contributed by atoms with E-state index in [-0.39, 0.29) is 9.79 Å². The average Bonchev–Trinajstić information content (AvgIpc) is 2.40. The predicted octanol–water partition coefficient (Wildman–Crippen LogP) is 4.69. The molecule has 110 valence electrons. The van der Waals surface area contributed by atoms with Gasteiger partial charge in [-0.15, -0.1) is 0 Å². The smallest absolute Gasteiger partial charge is 0.417 e. The van der Waals surface area contributed by atoms with Crippen LogP contribution in [0.15, 0.2) is 52.3 Å². The maximum absolute atomic E-state index is 13.5. The molecule has 0 amide bonds. The highest BCUT2D eigenvalue weighted by atomic mass is 32.2. The number of rotatable bonds is 3. The lowest BCUT2D eigenvalue weighted by Gasteiger charge is -2.11. The first-order valence-electron chi connectivity index (χ1n) is 5.66. The van der Waals surface area contributed by atoms with Gasteiger partial charge in [-0.1, -0.05) is 23.9 Å². The number of hydrogen-bond donors (Lipinski definition) is 1. The van der Waals surface area contributed by atoms with Gasteiger partial charge in [-0.25, -0.2) is 9.18 Å². The van der Waals surface area contributed by atoms with Crippen LogP contribution in [0.4, 0.5) is 17.6 Å². The van der Waals surface area contributed by atoms with Crippen molar-refractivity contribution < 1.29 is 27.5 Å². The summed E-state index contributed by atoms with van der Waals surface area (Å²) in [6.45, 7) is 0. The van der Waals surface area contributed by atoms with Gasteiger partial charge in [0.25, 0.3) is 0 Å². The third kappa shape index (κ3) is 3.55. The number of carboxylic acids is 1. The first-order valence-corrected chi connectivity index (χ1v) is 6.47. The number of benzene rings is 2. The summed E-state index contributed by atoms with van der Waals surface area (Å²) < 4.78 is 51.6. The minimum absolute atomic E-state index is 0.202. The maximum Gasteiger partial charge on any atom is 0.417 e. The van der Waals surface area contributed by atoms with Gasteiger partial charge in [0.05, 0.1) is 11.1 Å². The molecule has 1 N–H and O–H groups in total. The lowest BCUT2D eigenvalue weighted by atomic mass is 10.1. The van der Waals surface area contributed by atoms with Gasteiger partial charge in [-0.05, 0) is 30.3 Å². The number of hydrogen-bond acceptors (Lipinski definition) is 2. The van der Waals surface area contributed by atoms with Gasteiger partial charge in [0.2, 0.25) is 0 Å². The average molecular weight is 316 g/mol. The first kappa shape index (κ1) is 15.4. The van der Waals surface area contributed by atoms with E-state index in [1.165, 1.54) is 18.2 Å². The summed E-state index contributed by atoms with van der Waals surface area (Å²) in [5.41, 5.74) is -2.09. The van der Waals surface area contributed by atoms with E-state index in [1.807, 2.05) is 0 Å². The Kier molecular flexibility index (Phi) is 4.22. The molecule has 0 aromatic heterocycles. The summed E-state index contributed by atoms with van der Waals surface area (Å²) in [5.74, 6) is -2.21. The fourth-order valence-electron chi connectivity index (χ4n) is 1.67. The predicted molar refractivity (Wildman–Crippen MR) is 68.9 cm³/mol. The van der Waals surface area contributed by atoms with Crippen LogP contribution < -0.4 is 0 Å². The Balaban J connectivity index is 2.42. The van der Waals surface area contributed by atoms with Crippen LogP contribution in [-0.4, -0.2) is 11.1 Å². The molecule has 2 nitrogen and oxygen atoms in total. The zero-order valence-corrected chi connectivity index (χ0v) is 11.1. The van der Waals surface area contributed by atoms with E-state index >= 15 is 0 Å². The van der Waals surface area contributed by atoms with E-state index in [0.29, 0.717) is 6.07 Å². The van der Waals surface area contributed by atoms with Gasteiger partial charge in [-0.2, -0.15) is 13.2 Å². The van der Waals surface area contributed by atoms with Gasteiger partial charge < -0.3 is 5.11 Å². The zero-order valence-electron chi connectivity index (χ0n) is 10.3. The van der Waals surface area contributed by atoms with Crippen molar-refractivity contribution in [2.75, 3.05) is 0 Å². The molecular formula is C14H8F4O2S. The fourth-order valence-corrected chi connectivity index (χ4v) is 2.54. The van der Waals surface area contributed by atoms with Gasteiger partial charge in [0.15, 0.2) is 0 Å². The van der Waals surface area contributed by atoms with Crippen molar-refractivity contribution in [3.05, 3.63) is 59.4 Å². The summed E-state index contributed by atoms with van der Waals surface area (Å²) >= 11 is 0.859. The second-order valence-electron chi connectivity index (χ2n) is 4.04. The molecular weight excluding hydrogens is 308 g/mol. The molecule has 0 aliphatic carbocycles. The molecule has 0 aliphatic rings. The Morgan fingerprint density at radius 2 is 1.76 bits per heavy atom. The molecule has 0 heterocycles. The van der Waals surface area contributed by atoms with Crippen molar-refractivity contribution in [3.8, 4) is 0 Å². The highest BCUT2D eigenvalue weighted by Gasteiger charge is 2.35. The van der Waals surface area contributed by atoms with E-state index in [0.717, 1.165) is 23.9 Å². The second kappa shape index (κ2) is 5.77. The van der Waals surface area contributed by atoms with Crippen LogP contribution in [0.5, 0.6) is 0 Å². The Morgan fingerprint density at radius 3 is 2.33 bits per heavy atom. The third-order valence-electron chi connectivity index (χ3n) is 2.59.